The zero-order chi connectivity index (χ0) is 21.8. The fourth-order valence-electron chi connectivity index (χ4n) is 3.94. The second-order valence-electron chi connectivity index (χ2n) is 7.29. The van der Waals surface area contributed by atoms with Gasteiger partial charge in [0.25, 0.3) is 0 Å². The molecule has 1 aromatic heterocycles. The zero-order valence-electron chi connectivity index (χ0n) is 16.9. The molecule has 0 aliphatic heterocycles. The number of carboxylic acid groups (broad SMARTS) is 1. The first-order valence-electron chi connectivity index (χ1n) is 9.93. The van der Waals surface area contributed by atoms with E-state index < -0.39 is 23.8 Å². The van der Waals surface area contributed by atoms with Crippen LogP contribution in [0.2, 0.25) is 5.02 Å². The Bertz CT molecular complexity index is 953. The molecule has 1 fully saturated rings. The van der Waals surface area contributed by atoms with E-state index in [9.17, 15) is 19.5 Å². The third-order valence-corrected chi connectivity index (χ3v) is 6.63. The smallest absolute Gasteiger partial charge is 0.341 e. The van der Waals surface area contributed by atoms with Crippen molar-refractivity contribution in [2.24, 2.45) is 11.8 Å². The Kier molecular flexibility index (Phi) is 7.15. The van der Waals surface area contributed by atoms with Gasteiger partial charge < -0.3 is 15.2 Å². The van der Waals surface area contributed by atoms with Gasteiger partial charge in [0.05, 0.1) is 18.4 Å². The van der Waals surface area contributed by atoms with E-state index in [1.165, 1.54) is 11.3 Å². The minimum absolute atomic E-state index is 0.199. The summed E-state index contributed by atoms with van der Waals surface area (Å²) in [7, 11) is 0. The highest BCUT2D eigenvalue weighted by molar-refractivity contribution is 7.17. The second kappa shape index (κ2) is 9.62. The van der Waals surface area contributed by atoms with Crippen LogP contribution in [-0.2, 0) is 14.3 Å². The molecular formula is C22H24ClNO5S. The van der Waals surface area contributed by atoms with Crippen molar-refractivity contribution in [2.45, 2.75) is 39.5 Å². The van der Waals surface area contributed by atoms with Crippen molar-refractivity contribution in [1.29, 1.82) is 0 Å². The number of ether oxygens (including phenoxy) is 1. The maximum atomic E-state index is 13.0. The molecule has 0 bridgehead atoms. The summed E-state index contributed by atoms with van der Waals surface area (Å²) in [4.78, 5) is 38.2. The van der Waals surface area contributed by atoms with Crippen LogP contribution in [0.25, 0.3) is 11.1 Å². The minimum atomic E-state index is -0.954. The average Bonchev–Trinajstić information content (AvgIpc) is 3.04. The Morgan fingerprint density at radius 2 is 1.80 bits per heavy atom. The van der Waals surface area contributed by atoms with Gasteiger partial charge in [-0.25, -0.2) is 4.79 Å². The first-order valence-corrected chi connectivity index (χ1v) is 11.1. The van der Waals surface area contributed by atoms with Crippen LogP contribution in [0, 0.1) is 18.8 Å². The Morgan fingerprint density at radius 1 is 1.17 bits per heavy atom. The summed E-state index contributed by atoms with van der Waals surface area (Å²) in [5.41, 5.74) is 1.76. The number of carbonyl (C=O) groups is 3. The first-order chi connectivity index (χ1) is 14.3. The molecule has 1 aliphatic rings. The summed E-state index contributed by atoms with van der Waals surface area (Å²) < 4.78 is 5.25. The number of hydrogen-bond acceptors (Lipinski definition) is 5. The van der Waals surface area contributed by atoms with Gasteiger partial charge in [0.15, 0.2) is 0 Å². The summed E-state index contributed by atoms with van der Waals surface area (Å²) in [6.07, 6.45) is 2.61. The minimum Gasteiger partial charge on any atom is -0.481 e. The number of carbonyl (C=O) groups excluding carboxylic acids is 2. The molecular weight excluding hydrogens is 426 g/mol. The van der Waals surface area contributed by atoms with E-state index in [4.69, 9.17) is 16.3 Å². The normalized spacial score (nSPS) is 18.6. The SMILES string of the molecule is CCOC(=O)c1c(NC(=O)[C@@H]2CCCC[C@H]2C(=O)O)sc(C)c1-c1ccc(Cl)cc1. The molecule has 1 aliphatic carbocycles. The third-order valence-electron chi connectivity index (χ3n) is 5.35. The monoisotopic (exact) mass is 449 g/mol. The van der Waals surface area contributed by atoms with Crippen LogP contribution in [0.4, 0.5) is 5.00 Å². The van der Waals surface area contributed by atoms with Gasteiger partial charge in [0, 0.05) is 15.5 Å². The quantitative estimate of drug-likeness (QED) is 0.577. The highest BCUT2D eigenvalue weighted by Crippen LogP contribution is 2.41. The lowest BCUT2D eigenvalue weighted by Crippen LogP contribution is -2.36. The summed E-state index contributed by atoms with van der Waals surface area (Å²) in [5.74, 6) is -3.17. The second-order valence-corrected chi connectivity index (χ2v) is 8.95. The molecule has 6 nitrogen and oxygen atoms in total. The fraction of sp³-hybridized carbons (Fsp3) is 0.409. The number of nitrogens with one attached hydrogen (secondary N) is 1. The number of anilines is 1. The molecule has 2 aromatic rings. The van der Waals surface area contributed by atoms with Gasteiger partial charge in [-0.15, -0.1) is 11.3 Å². The molecule has 1 saturated carbocycles. The number of thiophene rings is 1. The molecule has 1 amide bonds. The molecule has 1 aromatic carbocycles. The topological polar surface area (TPSA) is 92.7 Å². The van der Waals surface area contributed by atoms with Gasteiger partial charge in [-0.1, -0.05) is 36.6 Å². The van der Waals surface area contributed by atoms with E-state index in [-0.39, 0.29) is 18.1 Å². The Hall–Kier alpha value is -2.38. The number of aryl methyl sites for hydroxylation is 1. The summed E-state index contributed by atoms with van der Waals surface area (Å²) in [6, 6.07) is 7.10. The molecule has 0 spiro atoms. The van der Waals surface area contributed by atoms with Crippen molar-refractivity contribution in [1.82, 2.24) is 0 Å². The molecule has 0 saturated heterocycles. The number of hydrogen-bond donors (Lipinski definition) is 2. The average molecular weight is 450 g/mol. The Morgan fingerprint density at radius 3 is 2.40 bits per heavy atom. The van der Waals surface area contributed by atoms with Gasteiger partial charge in [0.2, 0.25) is 5.91 Å². The standard InChI is InChI=1S/C22H24ClNO5S/c1-3-29-22(28)18-17(13-8-10-14(23)11-9-13)12(2)30-20(18)24-19(25)15-6-4-5-7-16(15)21(26)27/h8-11,15-16H,3-7H2,1-2H3,(H,24,25)(H,26,27)/t15-,16-/m1/s1. The molecule has 30 heavy (non-hydrogen) atoms. The largest absolute Gasteiger partial charge is 0.481 e. The van der Waals surface area contributed by atoms with Gasteiger partial charge >= 0.3 is 11.9 Å². The van der Waals surface area contributed by atoms with E-state index in [0.717, 1.165) is 23.3 Å². The van der Waals surface area contributed by atoms with Gasteiger partial charge in [-0.2, -0.15) is 0 Å². The van der Waals surface area contributed by atoms with Crippen LogP contribution in [0.5, 0.6) is 0 Å². The van der Waals surface area contributed by atoms with Crippen molar-refractivity contribution in [2.75, 3.05) is 11.9 Å². The van der Waals surface area contributed by atoms with Crippen LogP contribution < -0.4 is 5.32 Å². The molecule has 2 N–H and O–H groups in total. The number of halogens is 1. The fourth-order valence-corrected chi connectivity index (χ4v) is 5.13. The number of aliphatic carboxylic acids is 1. The van der Waals surface area contributed by atoms with E-state index in [1.54, 1.807) is 19.1 Å². The van der Waals surface area contributed by atoms with Crippen molar-refractivity contribution in [3.8, 4) is 11.1 Å². The lowest BCUT2D eigenvalue weighted by molar-refractivity contribution is -0.147. The maximum absolute atomic E-state index is 13.0. The number of rotatable bonds is 6. The van der Waals surface area contributed by atoms with Crippen LogP contribution >= 0.6 is 22.9 Å². The highest BCUT2D eigenvalue weighted by atomic mass is 35.5. The third kappa shape index (κ3) is 4.68. The van der Waals surface area contributed by atoms with Crippen LogP contribution in [0.1, 0.15) is 47.8 Å². The number of carboxylic acids is 1. The zero-order valence-corrected chi connectivity index (χ0v) is 18.4. The van der Waals surface area contributed by atoms with E-state index >= 15 is 0 Å². The highest BCUT2D eigenvalue weighted by Gasteiger charge is 2.37. The molecule has 3 rings (SSSR count). The van der Waals surface area contributed by atoms with E-state index in [2.05, 4.69) is 5.32 Å². The number of esters is 1. The summed E-state index contributed by atoms with van der Waals surface area (Å²) in [5, 5.41) is 13.3. The van der Waals surface area contributed by atoms with Crippen molar-refractivity contribution < 1.29 is 24.2 Å². The lowest BCUT2D eigenvalue weighted by atomic mass is 9.78. The molecule has 8 heteroatoms. The number of benzene rings is 1. The van der Waals surface area contributed by atoms with Gasteiger partial charge in [0.1, 0.15) is 10.6 Å². The first kappa shape index (κ1) is 22.3. The van der Waals surface area contributed by atoms with Crippen molar-refractivity contribution in [3.05, 3.63) is 39.7 Å². The van der Waals surface area contributed by atoms with E-state index in [1.807, 2.05) is 19.1 Å². The van der Waals surface area contributed by atoms with Crippen molar-refractivity contribution in [3.63, 3.8) is 0 Å². The molecule has 0 radical (unpaired) electrons. The van der Waals surface area contributed by atoms with Crippen LogP contribution in [0.3, 0.4) is 0 Å². The Labute approximate surface area is 184 Å². The summed E-state index contributed by atoms with van der Waals surface area (Å²) in [6.45, 7) is 3.79. The summed E-state index contributed by atoms with van der Waals surface area (Å²) >= 11 is 7.28. The van der Waals surface area contributed by atoms with Crippen LogP contribution in [0.15, 0.2) is 24.3 Å². The van der Waals surface area contributed by atoms with Crippen LogP contribution in [-0.4, -0.2) is 29.6 Å². The molecule has 1 heterocycles. The maximum Gasteiger partial charge on any atom is 0.341 e. The van der Waals surface area contributed by atoms with E-state index in [0.29, 0.717) is 28.4 Å². The molecule has 2 atom stereocenters. The van der Waals surface area contributed by atoms with Gasteiger partial charge in [-0.05, 0) is 44.4 Å². The van der Waals surface area contributed by atoms with Gasteiger partial charge in [-0.3, -0.25) is 9.59 Å². The predicted octanol–water partition coefficient (Wildman–Crippen LogP) is 5.38. The number of amides is 1. The lowest BCUT2D eigenvalue weighted by Gasteiger charge is -2.27. The molecule has 0 unspecified atom stereocenters. The predicted molar refractivity (Wildman–Crippen MR) is 117 cm³/mol. The Balaban J connectivity index is 1.99. The van der Waals surface area contributed by atoms with Crippen molar-refractivity contribution >= 4 is 45.8 Å². The molecule has 160 valence electrons.